The summed E-state index contributed by atoms with van der Waals surface area (Å²) in [7, 11) is 0. The Morgan fingerprint density at radius 3 is 1.13 bits per heavy atom. The third kappa shape index (κ3) is 46.2. The van der Waals surface area contributed by atoms with Crippen molar-refractivity contribution in [3.05, 3.63) is 170 Å². The number of ether oxygens (including phenoxy) is 5. The summed E-state index contributed by atoms with van der Waals surface area (Å²) in [5, 5.41) is 31.6. The van der Waals surface area contributed by atoms with Gasteiger partial charge in [-0.25, -0.2) is 4.79 Å². The van der Waals surface area contributed by atoms with Crippen LogP contribution in [0.3, 0.4) is 0 Å². The zero-order valence-electron chi connectivity index (χ0n) is 50.9. The van der Waals surface area contributed by atoms with E-state index in [1.54, 1.807) is 0 Å². The smallest absolute Gasteiger partial charge is 0.335 e. The first kappa shape index (κ1) is 75.1. The summed E-state index contributed by atoms with van der Waals surface area (Å²) in [5.74, 6) is -3.31. The molecule has 0 bridgehead atoms. The highest BCUT2D eigenvalue weighted by Crippen LogP contribution is 2.26. The Morgan fingerprint density at radius 1 is 0.398 bits per heavy atom. The van der Waals surface area contributed by atoms with Crippen molar-refractivity contribution in [3.8, 4) is 0 Å². The van der Waals surface area contributed by atoms with Crippen LogP contribution in [0.1, 0.15) is 201 Å². The van der Waals surface area contributed by atoms with E-state index in [0.717, 1.165) is 135 Å². The lowest BCUT2D eigenvalue weighted by atomic mass is 9.98. The van der Waals surface area contributed by atoms with Gasteiger partial charge < -0.3 is 39.0 Å². The zero-order chi connectivity index (χ0) is 60.3. The van der Waals surface area contributed by atoms with Crippen molar-refractivity contribution in [1.29, 1.82) is 0 Å². The van der Waals surface area contributed by atoms with Gasteiger partial charge in [-0.1, -0.05) is 210 Å². The van der Waals surface area contributed by atoms with E-state index < -0.39 is 67.3 Å². The van der Waals surface area contributed by atoms with Gasteiger partial charge in [-0.3, -0.25) is 14.4 Å². The highest BCUT2D eigenvalue weighted by atomic mass is 16.7. The summed E-state index contributed by atoms with van der Waals surface area (Å²) < 4.78 is 28.4. The van der Waals surface area contributed by atoms with E-state index in [-0.39, 0.29) is 25.9 Å². The molecular weight excluding hydrogens is 1040 g/mol. The molecule has 83 heavy (non-hydrogen) atoms. The average molecular weight is 1150 g/mol. The molecule has 0 aliphatic carbocycles. The van der Waals surface area contributed by atoms with E-state index >= 15 is 0 Å². The molecule has 0 saturated carbocycles. The summed E-state index contributed by atoms with van der Waals surface area (Å²) >= 11 is 0. The minimum atomic E-state index is -1.94. The van der Waals surface area contributed by atoms with Gasteiger partial charge >= 0.3 is 23.9 Å². The Balaban J connectivity index is 2.77. The maximum Gasteiger partial charge on any atom is 0.335 e. The van der Waals surface area contributed by atoms with E-state index in [1.807, 2.05) is 6.08 Å². The Labute approximate surface area is 500 Å². The van der Waals surface area contributed by atoms with Crippen LogP contribution in [0.2, 0.25) is 0 Å². The Hall–Kier alpha value is -5.92. The first-order valence-electron chi connectivity index (χ1n) is 31.1. The number of aliphatic carboxylic acids is 1. The number of hydrogen-bond acceptors (Lipinski definition) is 11. The van der Waals surface area contributed by atoms with Crippen LogP contribution in [-0.4, -0.2) is 89.2 Å². The van der Waals surface area contributed by atoms with Crippen LogP contribution in [0.25, 0.3) is 0 Å². The summed E-state index contributed by atoms with van der Waals surface area (Å²) in [6.07, 6.45) is 71.7. The largest absolute Gasteiger partial charge is 0.479 e. The normalized spacial score (nSPS) is 18.8. The topological polar surface area (TPSA) is 175 Å². The molecule has 1 heterocycles. The number of carboxylic acids is 1. The second kappa shape index (κ2) is 56.6. The van der Waals surface area contributed by atoms with Crippen LogP contribution in [0.5, 0.6) is 0 Å². The molecule has 3 N–H and O–H groups in total. The molecule has 6 unspecified atom stereocenters. The van der Waals surface area contributed by atoms with Crippen LogP contribution in [0, 0.1) is 0 Å². The zero-order valence-corrected chi connectivity index (χ0v) is 50.9. The average Bonchev–Trinajstić information content (AvgIpc) is 3.55. The molecule has 0 aromatic carbocycles. The Kier molecular flexibility index (Phi) is 51.2. The van der Waals surface area contributed by atoms with Gasteiger partial charge in [0.15, 0.2) is 24.6 Å². The van der Waals surface area contributed by atoms with Crippen LogP contribution in [0.15, 0.2) is 170 Å². The van der Waals surface area contributed by atoms with Gasteiger partial charge in [-0.2, -0.15) is 0 Å². The van der Waals surface area contributed by atoms with Crippen molar-refractivity contribution in [1.82, 2.24) is 0 Å². The number of carbonyl (C=O) groups is 4. The highest BCUT2D eigenvalue weighted by molar-refractivity contribution is 5.74. The molecule has 1 aliphatic rings. The lowest BCUT2D eigenvalue weighted by Crippen LogP contribution is -2.61. The molecule has 0 amide bonds. The third-order valence-electron chi connectivity index (χ3n) is 12.8. The first-order chi connectivity index (χ1) is 40.6. The van der Waals surface area contributed by atoms with Gasteiger partial charge in [0.1, 0.15) is 18.8 Å². The molecule has 1 rings (SSSR count). The number of aliphatic hydroxyl groups excluding tert-OH is 2. The summed E-state index contributed by atoms with van der Waals surface area (Å²) in [4.78, 5) is 51.3. The van der Waals surface area contributed by atoms with Gasteiger partial charge in [-0.15, -0.1) is 0 Å². The molecule has 1 fully saturated rings. The number of aliphatic hydroxyl groups is 2. The second-order valence-electron chi connectivity index (χ2n) is 20.2. The fourth-order valence-electron chi connectivity index (χ4n) is 8.12. The molecule has 12 nitrogen and oxygen atoms in total. The van der Waals surface area contributed by atoms with E-state index in [9.17, 15) is 34.5 Å². The number of unbranched alkanes of at least 4 members (excludes halogenated alkanes) is 8. The van der Waals surface area contributed by atoms with E-state index in [4.69, 9.17) is 23.7 Å². The van der Waals surface area contributed by atoms with Crippen molar-refractivity contribution in [2.45, 2.75) is 237 Å². The van der Waals surface area contributed by atoms with Crippen molar-refractivity contribution in [2.24, 2.45) is 0 Å². The Morgan fingerprint density at radius 2 is 0.735 bits per heavy atom. The lowest BCUT2D eigenvalue weighted by molar-refractivity contribution is -0.301. The van der Waals surface area contributed by atoms with Crippen LogP contribution in [-0.2, 0) is 42.9 Å². The van der Waals surface area contributed by atoms with Crippen molar-refractivity contribution in [3.63, 3.8) is 0 Å². The summed E-state index contributed by atoms with van der Waals surface area (Å²) in [5.41, 5.74) is 0. The van der Waals surface area contributed by atoms with Gasteiger partial charge in [0.25, 0.3) is 0 Å². The van der Waals surface area contributed by atoms with Crippen LogP contribution >= 0.6 is 0 Å². The van der Waals surface area contributed by atoms with Crippen molar-refractivity contribution >= 4 is 23.9 Å². The van der Waals surface area contributed by atoms with Gasteiger partial charge in [0.2, 0.25) is 0 Å². The monoisotopic (exact) mass is 1150 g/mol. The molecule has 462 valence electrons. The van der Waals surface area contributed by atoms with Gasteiger partial charge in [0.05, 0.1) is 6.61 Å². The summed E-state index contributed by atoms with van der Waals surface area (Å²) in [6.45, 7) is 5.55. The number of allylic oxidation sites excluding steroid dienone is 28. The first-order valence-corrected chi connectivity index (χ1v) is 31.1. The van der Waals surface area contributed by atoms with Gasteiger partial charge in [0, 0.05) is 19.3 Å². The standard InChI is InChI=1S/C71H106O12/c1-4-7-10-13-16-19-22-25-28-31-32-35-38-41-44-47-50-53-56-59-65(74)82-69-67(76)66(75)68(70(77)78)83-71(69)80-61-62(81-64(73)58-55-52-49-46-43-40-37-34-30-27-24-21-18-15-12-9-6-3)60-79-63(72)57-54-51-48-45-42-39-36-33-29-26-23-20-17-14-11-8-5-2/h7-12,16-21,25-30,32,35-37,39-41,44-45,48,62,66-69,71,75-76H,4-6,13-15,22-24,31,33-34,38,42-43,46-47,49-61H2,1-3H3,(H,77,78)/b10-7-,11-8-,12-9-,19-16-,20-17-,21-18-,28-25-,29-26-,30-27-,35-32-,39-36-,40-37-,44-41-,48-45-. The molecule has 12 heteroatoms. The molecule has 0 aromatic heterocycles. The SMILES string of the molecule is CC/C=C\C/C=C\C/C=C\C/C=C\C/C=C\CCCCCC(=O)OC1C(OCC(COC(=O)CCC/C=C\C/C=C\C/C=C\C/C=C\C/C=C\CC)OC(=O)CCCCCC/C=C\C/C=C\C/C=C\C/C=C\CC)OC(C(=O)O)C(O)C1O. The maximum atomic E-state index is 13.2. The van der Waals surface area contributed by atoms with Gasteiger partial charge in [-0.05, 0) is 141 Å². The Bertz CT molecular complexity index is 2090. The molecular formula is C71H106O12. The molecule has 0 aromatic rings. The van der Waals surface area contributed by atoms with Crippen LogP contribution < -0.4 is 0 Å². The third-order valence-corrected chi connectivity index (χ3v) is 12.8. The predicted molar refractivity (Wildman–Crippen MR) is 339 cm³/mol. The number of rotatable bonds is 50. The van der Waals surface area contributed by atoms with E-state index in [1.165, 1.54) is 0 Å². The maximum absolute atomic E-state index is 13.2. The second-order valence-corrected chi connectivity index (χ2v) is 20.2. The summed E-state index contributed by atoms with van der Waals surface area (Å²) in [6, 6.07) is 0. The van der Waals surface area contributed by atoms with Crippen molar-refractivity contribution < 1.29 is 58.2 Å². The fraction of sp³-hybridized carbons (Fsp3) is 0.549. The molecule has 0 spiro atoms. The minimum absolute atomic E-state index is 0.00175. The highest BCUT2D eigenvalue weighted by Gasteiger charge is 2.50. The van der Waals surface area contributed by atoms with Crippen LogP contribution in [0.4, 0.5) is 0 Å². The van der Waals surface area contributed by atoms with E-state index in [2.05, 4.69) is 185 Å². The lowest BCUT2D eigenvalue weighted by Gasteiger charge is -2.40. The van der Waals surface area contributed by atoms with E-state index in [0.29, 0.717) is 25.7 Å². The van der Waals surface area contributed by atoms with Crippen molar-refractivity contribution in [2.75, 3.05) is 13.2 Å². The molecule has 0 radical (unpaired) electrons. The number of carboxylic acid groups (broad SMARTS) is 1. The quantitative estimate of drug-likeness (QED) is 0.0228. The predicted octanol–water partition coefficient (Wildman–Crippen LogP) is 16.7. The molecule has 1 saturated heterocycles. The molecule has 6 atom stereocenters. The molecule has 1 aliphatic heterocycles. The number of esters is 3. The number of carbonyl (C=O) groups excluding carboxylic acids is 3. The fourth-order valence-corrected chi connectivity index (χ4v) is 8.12. The number of hydrogen-bond donors (Lipinski definition) is 3. The minimum Gasteiger partial charge on any atom is -0.479 e.